The normalized spacial score (nSPS) is 13.9. The largest absolute Gasteiger partial charge is 0.351 e. The molecule has 0 heterocycles. The minimum atomic E-state index is -1.48. The Balaban J connectivity index is 0.000000976. The topological polar surface area (TPSA) is 99.1 Å². The summed E-state index contributed by atoms with van der Waals surface area (Å²) in [5, 5.41) is 0. The van der Waals surface area contributed by atoms with Gasteiger partial charge in [0.2, 0.25) is 12.3 Å². The van der Waals surface area contributed by atoms with Crippen molar-refractivity contribution in [1.29, 1.82) is 0 Å². The molecule has 2 aromatic carbocycles. The van der Waals surface area contributed by atoms with Crippen LogP contribution in [0.2, 0.25) is 0 Å². The summed E-state index contributed by atoms with van der Waals surface area (Å²) in [6.45, 7) is 38.2. The Bertz CT molecular complexity index is 1590. The molecule has 2 rings (SSSR count). The third-order valence-corrected chi connectivity index (χ3v) is 11.5. The van der Waals surface area contributed by atoms with Crippen molar-refractivity contribution in [3.63, 3.8) is 0 Å². The van der Waals surface area contributed by atoms with Gasteiger partial charge in [-0.05, 0) is 79.7 Å². The van der Waals surface area contributed by atoms with Crippen molar-refractivity contribution in [2.24, 2.45) is 15.2 Å². The molecule has 3 atom stereocenters. The lowest BCUT2D eigenvalue weighted by atomic mass is 9.87. The zero-order valence-corrected chi connectivity index (χ0v) is 40.9. The third-order valence-electron chi connectivity index (χ3n) is 9.04. The van der Waals surface area contributed by atoms with E-state index in [1.54, 1.807) is 33.1 Å². The van der Waals surface area contributed by atoms with Gasteiger partial charge in [-0.15, -0.1) is 0 Å². The van der Waals surface area contributed by atoms with Crippen molar-refractivity contribution in [1.82, 2.24) is 14.5 Å². The molecule has 56 heavy (non-hydrogen) atoms. The zero-order valence-electron chi connectivity index (χ0n) is 39.3. The lowest BCUT2D eigenvalue weighted by molar-refractivity contribution is -0.132. The fraction of sp³-hybridized carbons (Fsp3) is 0.674. The van der Waals surface area contributed by atoms with Crippen molar-refractivity contribution in [2.45, 2.75) is 176 Å². The van der Waals surface area contributed by atoms with Gasteiger partial charge in [-0.3, -0.25) is 9.59 Å². The third kappa shape index (κ3) is 17.0. The lowest BCUT2D eigenvalue weighted by Gasteiger charge is -2.33. The maximum absolute atomic E-state index is 13.6. The first-order chi connectivity index (χ1) is 25.4. The minimum absolute atomic E-state index is 0.0585. The summed E-state index contributed by atoms with van der Waals surface area (Å²) in [4.78, 5) is 27.0. The number of likely N-dealkylation sites (N-methyl/N-ethyl adjacent to an activating group) is 1. The highest BCUT2D eigenvalue weighted by molar-refractivity contribution is 7.84. The Hall–Kier alpha value is -2.69. The summed E-state index contributed by atoms with van der Waals surface area (Å²) in [7, 11) is 4.03. The van der Waals surface area contributed by atoms with Gasteiger partial charge in [-0.2, -0.15) is 4.40 Å². The Kier molecular flexibility index (Phi) is 21.9. The van der Waals surface area contributed by atoms with Crippen LogP contribution in [0.15, 0.2) is 38.5 Å². The number of hydrogen-bond donors (Lipinski definition) is 1. The number of rotatable bonds is 13. The molecule has 0 radical (unpaired) electrons. The first-order valence-corrected chi connectivity index (χ1v) is 22.5. The van der Waals surface area contributed by atoms with E-state index in [4.69, 9.17) is 0 Å². The molecule has 0 aliphatic heterocycles. The fourth-order valence-corrected chi connectivity index (χ4v) is 8.79. The van der Waals surface area contributed by atoms with Crippen LogP contribution in [0.1, 0.15) is 194 Å². The molecule has 0 aliphatic carbocycles. The van der Waals surface area contributed by atoms with Gasteiger partial charge in [0.05, 0.1) is 9.79 Å². The van der Waals surface area contributed by atoms with Gasteiger partial charge in [0, 0.05) is 34.4 Å². The molecule has 2 aromatic rings. The first kappa shape index (κ1) is 53.3. The second-order valence-electron chi connectivity index (χ2n) is 19.3. The highest BCUT2D eigenvalue weighted by Crippen LogP contribution is 2.36. The molecule has 0 aromatic heterocycles. The van der Waals surface area contributed by atoms with Crippen molar-refractivity contribution in [2.75, 3.05) is 28.2 Å². The second-order valence-corrected chi connectivity index (χ2v) is 21.6. The fourth-order valence-electron chi connectivity index (χ4n) is 5.48. The van der Waals surface area contributed by atoms with Gasteiger partial charge < -0.3 is 9.80 Å². The van der Waals surface area contributed by atoms with E-state index in [9.17, 15) is 18.0 Å². The van der Waals surface area contributed by atoms with Crippen LogP contribution in [0.4, 0.5) is 0 Å². The predicted octanol–water partition coefficient (Wildman–Crippen LogP) is 11.1. The standard InChI is InChI=1S/C23H40N2O2S.C20H33NOS.C3H7NO/c1-14(2)17-12-18(15(3)4)20(19(13-17)16(5)6)28(27)24-21(23(7,8)9)22(26)25(10)11;1-13(2)16-10-17(14(3)4)19(18(11-16)15(5)6)23(22)21-12-20(7,8)9;1-4(2)3-5/h12-16,21,24H,1-11H3;10-15H,1-9H3;3H,1-2H3/t21-,28-;23-;/m00./s1. The highest BCUT2D eigenvalue weighted by Gasteiger charge is 2.35. The Morgan fingerprint density at radius 3 is 1.18 bits per heavy atom. The van der Waals surface area contributed by atoms with Gasteiger partial charge in [-0.25, -0.2) is 13.1 Å². The van der Waals surface area contributed by atoms with E-state index in [-0.39, 0.29) is 28.6 Å². The number of carbonyl (C=O) groups is 2. The Morgan fingerprint density at radius 1 is 0.625 bits per heavy atom. The number of amides is 2. The van der Waals surface area contributed by atoms with Crippen molar-refractivity contribution in [3.05, 3.63) is 57.6 Å². The average Bonchev–Trinajstić information content (AvgIpc) is 3.07. The molecule has 10 heteroatoms. The van der Waals surface area contributed by atoms with E-state index in [0.717, 1.165) is 27.3 Å². The number of hydrogen-bond acceptors (Lipinski definition) is 4. The van der Waals surface area contributed by atoms with Gasteiger partial charge in [0.15, 0.2) is 11.0 Å². The Labute approximate surface area is 348 Å². The van der Waals surface area contributed by atoms with E-state index in [0.29, 0.717) is 23.7 Å². The van der Waals surface area contributed by atoms with Gasteiger partial charge in [0.25, 0.3) is 0 Å². The van der Waals surface area contributed by atoms with E-state index >= 15 is 0 Å². The number of benzene rings is 2. The summed E-state index contributed by atoms with van der Waals surface area (Å²) < 4.78 is 34.1. The van der Waals surface area contributed by atoms with Crippen LogP contribution in [-0.4, -0.2) is 71.0 Å². The van der Waals surface area contributed by atoms with Crippen LogP contribution in [0, 0.1) is 10.8 Å². The summed E-state index contributed by atoms with van der Waals surface area (Å²) >= 11 is 0. The molecule has 8 nitrogen and oxygen atoms in total. The number of carbonyl (C=O) groups excluding carboxylic acids is 2. The van der Waals surface area contributed by atoms with Crippen LogP contribution in [-0.2, 0) is 31.6 Å². The molecule has 0 saturated heterocycles. The molecule has 0 fully saturated rings. The molecule has 0 unspecified atom stereocenters. The van der Waals surface area contributed by atoms with Crippen LogP contribution >= 0.6 is 0 Å². The Morgan fingerprint density at radius 2 is 0.946 bits per heavy atom. The van der Waals surface area contributed by atoms with Crippen LogP contribution in [0.25, 0.3) is 0 Å². The van der Waals surface area contributed by atoms with Crippen molar-refractivity contribution >= 4 is 40.5 Å². The minimum Gasteiger partial charge on any atom is -0.351 e. The summed E-state index contributed by atoms with van der Waals surface area (Å²) in [5.74, 6) is 1.96. The quantitative estimate of drug-likeness (QED) is 0.161. The highest BCUT2D eigenvalue weighted by atomic mass is 32.2. The summed E-state index contributed by atoms with van der Waals surface area (Å²) in [6, 6.07) is 8.29. The molecule has 0 spiro atoms. The summed E-state index contributed by atoms with van der Waals surface area (Å²) in [5.41, 5.74) is 6.71. The van der Waals surface area contributed by atoms with Crippen LogP contribution in [0.5, 0.6) is 0 Å². The van der Waals surface area contributed by atoms with E-state index in [1.165, 1.54) is 27.2 Å². The average molecular weight is 817 g/mol. The van der Waals surface area contributed by atoms with Crippen LogP contribution < -0.4 is 4.72 Å². The maximum Gasteiger partial charge on any atom is 0.240 e. The van der Waals surface area contributed by atoms with Crippen molar-refractivity contribution in [3.8, 4) is 0 Å². The second kappa shape index (κ2) is 23.0. The van der Waals surface area contributed by atoms with E-state index in [1.807, 2.05) is 27.0 Å². The predicted molar refractivity (Wildman–Crippen MR) is 243 cm³/mol. The number of nitrogens with one attached hydrogen (secondary N) is 1. The first-order valence-electron chi connectivity index (χ1n) is 20.2. The lowest BCUT2D eigenvalue weighted by Crippen LogP contribution is -2.51. The monoisotopic (exact) mass is 817 g/mol. The molecule has 0 aliphatic rings. The van der Waals surface area contributed by atoms with Gasteiger partial charge in [-0.1, -0.05) is 149 Å². The van der Waals surface area contributed by atoms with E-state index in [2.05, 4.69) is 137 Å². The molecular weight excluding hydrogens is 737 g/mol. The summed E-state index contributed by atoms with van der Waals surface area (Å²) in [6.07, 6.45) is 2.56. The SMILES string of the molecule is CC(C)c1cc(C(C)C)c([S@](=O)N=CC(C)(C)C)c(C(C)C)c1.CC(C)c1cc(C(C)C)c([S@](=O)N[C@@H](C(=O)N(C)C)C(C)(C)C)c(C(C)C)c1.CN(C)C=O. The van der Waals surface area contributed by atoms with Gasteiger partial charge >= 0.3 is 0 Å². The molecular formula is C46H80N4O4S2. The molecule has 2 amide bonds. The molecule has 320 valence electrons. The number of nitrogens with zero attached hydrogens (tertiary/aromatic N) is 3. The van der Waals surface area contributed by atoms with Gasteiger partial charge in [0.1, 0.15) is 17.0 Å². The van der Waals surface area contributed by atoms with E-state index < -0.39 is 28.0 Å². The smallest absolute Gasteiger partial charge is 0.240 e. The van der Waals surface area contributed by atoms with Crippen LogP contribution in [0.3, 0.4) is 0 Å². The molecule has 1 N–H and O–H groups in total. The van der Waals surface area contributed by atoms with Crippen molar-refractivity contribution < 1.29 is 18.0 Å². The molecule has 0 saturated carbocycles. The molecule has 0 bridgehead atoms. The zero-order chi connectivity index (χ0) is 44.2. The maximum atomic E-state index is 13.6.